The van der Waals surface area contributed by atoms with Gasteiger partial charge in [0, 0.05) is 30.8 Å². The maximum absolute atomic E-state index is 14.0. The highest BCUT2D eigenvalue weighted by Crippen LogP contribution is 2.21. The van der Waals surface area contributed by atoms with Crippen LogP contribution in [0.4, 0.5) is 4.39 Å². The van der Waals surface area contributed by atoms with Gasteiger partial charge in [-0.15, -0.1) is 0 Å². The van der Waals surface area contributed by atoms with Crippen LogP contribution < -0.4 is 5.73 Å². The SMILES string of the molecule is CCc1cc(CC(N)c2cccc(C)c2F)n(C)n1. The minimum Gasteiger partial charge on any atom is -0.324 e. The van der Waals surface area contributed by atoms with Gasteiger partial charge in [-0.2, -0.15) is 5.10 Å². The van der Waals surface area contributed by atoms with Crippen molar-refractivity contribution in [2.24, 2.45) is 12.8 Å². The molecule has 0 aliphatic heterocycles. The Labute approximate surface area is 113 Å². The predicted octanol–water partition coefficient (Wildman–Crippen LogP) is 2.67. The van der Waals surface area contributed by atoms with Gasteiger partial charge in [0.25, 0.3) is 0 Å². The van der Waals surface area contributed by atoms with Crippen LogP contribution >= 0.6 is 0 Å². The Balaban J connectivity index is 2.22. The zero-order valence-electron chi connectivity index (χ0n) is 11.7. The number of nitrogens with zero attached hydrogens (tertiary/aromatic N) is 2. The third kappa shape index (κ3) is 2.84. The van der Waals surface area contributed by atoms with E-state index >= 15 is 0 Å². The van der Waals surface area contributed by atoms with E-state index in [-0.39, 0.29) is 11.9 Å². The monoisotopic (exact) mass is 261 g/mol. The van der Waals surface area contributed by atoms with Gasteiger partial charge in [-0.25, -0.2) is 4.39 Å². The van der Waals surface area contributed by atoms with Gasteiger partial charge < -0.3 is 5.73 Å². The molecule has 2 rings (SSSR count). The maximum Gasteiger partial charge on any atom is 0.130 e. The van der Waals surface area contributed by atoms with Crippen LogP contribution in [0.1, 0.15) is 35.5 Å². The number of halogens is 1. The Hall–Kier alpha value is -1.68. The first-order valence-electron chi connectivity index (χ1n) is 6.55. The summed E-state index contributed by atoms with van der Waals surface area (Å²) in [6.07, 6.45) is 1.48. The van der Waals surface area contributed by atoms with Gasteiger partial charge in [0.15, 0.2) is 0 Å². The lowest BCUT2D eigenvalue weighted by molar-refractivity contribution is 0.562. The molecule has 0 radical (unpaired) electrons. The van der Waals surface area contributed by atoms with Crippen molar-refractivity contribution in [3.05, 3.63) is 52.6 Å². The van der Waals surface area contributed by atoms with Crippen LogP contribution in [0.15, 0.2) is 24.3 Å². The quantitative estimate of drug-likeness (QED) is 0.919. The Morgan fingerprint density at radius 3 is 2.79 bits per heavy atom. The topological polar surface area (TPSA) is 43.8 Å². The van der Waals surface area contributed by atoms with E-state index < -0.39 is 0 Å². The van der Waals surface area contributed by atoms with Crippen molar-refractivity contribution in [1.29, 1.82) is 0 Å². The molecule has 0 saturated heterocycles. The van der Waals surface area contributed by atoms with E-state index in [0.29, 0.717) is 17.5 Å². The van der Waals surface area contributed by atoms with Crippen molar-refractivity contribution in [3.63, 3.8) is 0 Å². The zero-order valence-corrected chi connectivity index (χ0v) is 11.7. The van der Waals surface area contributed by atoms with Crippen LogP contribution in [0.25, 0.3) is 0 Å². The molecule has 0 bridgehead atoms. The Kier molecular flexibility index (Phi) is 4.00. The molecule has 1 atom stereocenters. The molecule has 0 aliphatic carbocycles. The molecule has 0 amide bonds. The second kappa shape index (κ2) is 5.53. The highest BCUT2D eigenvalue weighted by Gasteiger charge is 2.15. The van der Waals surface area contributed by atoms with E-state index in [0.717, 1.165) is 17.8 Å². The largest absolute Gasteiger partial charge is 0.324 e. The van der Waals surface area contributed by atoms with Gasteiger partial charge in [-0.05, 0) is 25.0 Å². The van der Waals surface area contributed by atoms with Crippen LogP contribution in [0.3, 0.4) is 0 Å². The average Bonchev–Trinajstić information content (AvgIpc) is 2.73. The smallest absolute Gasteiger partial charge is 0.130 e. The van der Waals surface area contributed by atoms with Crippen molar-refractivity contribution in [3.8, 4) is 0 Å². The summed E-state index contributed by atoms with van der Waals surface area (Å²) in [6, 6.07) is 7.04. The molecule has 102 valence electrons. The number of hydrogen-bond acceptors (Lipinski definition) is 2. The Bertz CT molecular complexity index is 575. The number of hydrogen-bond donors (Lipinski definition) is 1. The molecule has 0 aliphatic rings. The number of benzene rings is 1. The Morgan fingerprint density at radius 1 is 1.42 bits per heavy atom. The molecule has 0 spiro atoms. The van der Waals surface area contributed by atoms with E-state index in [4.69, 9.17) is 5.73 Å². The molecular weight excluding hydrogens is 241 g/mol. The first kappa shape index (κ1) is 13.7. The normalized spacial score (nSPS) is 12.7. The zero-order chi connectivity index (χ0) is 14.0. The highest BCUT2D eigenvalue weighted by molar-refractivity contribution is 5.28. The van der Waals surface area contributed by atoms with Gasteiger partial charge in [0.1, 0.15) is 5.82 Å². The van der Waals surface area contributed by atoms with Crippen molar-refractivity contribution in [1.82, 2.24) is 9.78 Å². The molecule has 2 aromatic rings. The van der Waals surface area contributed by atoms with Crippen LogP contribution in [-0.4, -0.2) is 9.78 Å². The summed E-state index contributed by atoms with van der Waals surface area (Å²) < 4.78 is 15.9. The molecule has 1 aromatic heterocycles. The average molecular weight is 261 g/mol. The minimum atomic E-state index is -0.347. The first-order chi connectivity index (χ1) is 9.02. The number of aryl methyl sites for hydroxylation is 3. The van der Waals surface area contributed by atoms with Gasteiger partial charge in [0.2, 0.25) is 0 Å². The molecule has 19 heavy (non-hydrogen) atoms. The fourth-order valence-corrected chi connectivity index (χ4v) is 2.23. The summed E-state index contributed by atoms with van der Waals surface area (Å²) >= 11 is 0. The molecule has 2 N–H and O–H groups in total. The predicted molar refractivity (Wildman–Crippen MR) is 74.4 cm³/mol. The van der Waals surface area contributed by atoms with E-state index in [9.17, 15) is 4.39 Å². The Morgan fingerprint density at radius 2 is 2.16 bits per heavy atom. The van der Waals surface area contributed by atoms with Gasteiger partial charge in [-0.3, -0.25) is 4.68 Å². The van der Waals surface area contributed by atoms with E-state index in [1.807, 2.05) is 23.9 Å². The summed E-state index contributed by atoms with van der Waals surface area (Å²) in [4.78, 5) is 0. The third-order valence-electron chi connectivity index (χ3n) is 3.44. The molecule has 3 nitrogen and oxygen atoms in total. The number of nitrogens with two attached hydrogens (primary N) is 1. The number of aromatic nitrogens is 2. The standard InChI is InChI=1S/C15H20FN3/c1-4-11-8-12(19(3)18-11)9-14(17)13-7-5-6-10(2)15(13)16/h5-8,14H,4,9,17H2,1-3H3. The van der Waals surface area contributed by atoms with Crippen molar-refractivity contribution < 1.29 is 4.39 Å². The van der Waals surface area contributed by atoms with Crippen molar-refractivity contribution in [2.45, 2.75) is 32.7 Å². The lowest BCUT2D eigenvalue weighted by Gasteiger charge is -2.14. The third-order valence-corrected chi connectivity index (χ3v) is 3.44. The second-order valence-electron chi connectivity index (χ2n) is 4.89. The first-order valence-corrected chi connectivity index (χ1v) is 6.55. The molecule has 0 saturated carbocycles. The molecule has 4 heteroatoms. The molecular formula is C15H20FN3. The highest BCUT2D eigenvalue weighted by atomic mass is 19.1. The van der Waals surface area contributed by atoms with Crippen LogP contribution in [0.5, 0.6) is 0 Å². The second-order valence-corrected chi connectivity index (χ2v) is 4.89. The molecule has 1 aromatic carbocycles. The van der Waals surface area contributed by atoms with Crippen molar-refractivity contribution >= 4 is 0 Å². The van der Waals surface area contributed by atoms with Gasteiger partial charge in [0.05, 0.1) is 5.69 Å². The van der Waals surface area contributed by atoms with Gasteiger partial charge in [-0.1, -0.05) is 25.1 Å². The molecule has 0 fully saturated rings. The summed E-state index contributed by atoms with van der Waals surface area (Å²) in [5.41, 5.74) is 9.40. The fourth-order valence-electron chi connectivity index (χ4n) is 2.23. The van der Waals surface area contributed by atoms with Gasteiger partial charge >= 0.3 is 0 Å². The van der Waals surface area contributed by atoms with Crippen LogP contribution in [0.2, 0.25) is 0 Å². The maximum atomic E-state index is 14.0. The van der Waals surface area contributed by atoms with E-state index in [2.05, 4.69) is 12.0 Å². The molecule has 1 heterocycles. The number of rotatable bonds is 4. The van der Waals surface area contributed by atoms with E-state index in [1.165, 1.54) is 0 Å². The van der Waals surface area contributed by atoms with Crippen LogP contribution in [0, 0.1) is 12.7 Å². The van der Waals surface area contributed by atoms with Crippen LogP contribution in [-0.2, 0) is 19.9 Å². The van der Waals surface area contributed by atoms with Crippen molar-refractivity contribution in [2.75, 3.05) is 0 Å². The summed E-state index contributed by atoms with van der Waals surface area (Å²) in [5, 5.41) is 4.38. The molecule has 1 unspecified atom stereocenters. The van der Waals surface area contributed by atoms with E-state index in [1.54, 1.807) is 19.1 Å². The lowest BCUT2D eigenvalue weighted by atomic mass is 10.00. The fraction of sp³-hybridized carbons (Fsp3) is 0.400. The summed E-state index contributed by atoms with van der Waals surface area (Å²) in [5.74, 6) is -0.201. The minimum absolute atomic E-state index is 0.201. The lowest BCUT2D eigenvalue weighted by Crippen LogP contribution is -2.17. The summed E-state index contributed by atoms with van der Waals surface area (Å²) in [7, 11) is 1.90. The summed E-state index contributed by atoms with van der Waals surface area (Å²) in [6.45, 7) is 3.82.